The van der Waals surface area contributed by atoms with Gasteiger partial charge in [0.1, 0.15) is 0 Å². The normalized spacial score (nSPS) is 10.7. The fourth-order valence-corrected chi connectivity index (χ4v) is 3.71. The summed E-state index contributed by atoms with van der Waals surface area (Å²) in [5, 5.41) is 10.7. The number of hydrogen-bond donors (Lipinski definition) is 2. The molecule has 41 heavy (non-hydrogen) atoms. The van der Waals surface area contributed by atoms with Crippen molar-refractivity contribution in [3.63, 3.8) is 0 Å². The molecule has 3 N–H and O–H groups in total. The minimum atomic E-state index is -4.72. The Morgan fingerprint density at radius 2 is 1.24 bits per heavy atom. The largest absolute Gasteiger partial charge is 0.417 e. The Bertz CT molecular complexity index is 1380. The molecule has 0 heterocycles. The van der Waals surface area contributed by atoms with Gasteiger partial charge in [0, 0.05) is 45.0 Å². The van der Waals surface area contributed by atoms with E-state index >= 15 is 0 Å². The first kappa shape index (κ1) is 47.9. The molecule has 0 aliphatic heterocycles. The van der Waals surface area contributed by atoms with Crippen LogP contribution in [0.1, 0.15) is 36.6 Å². The van der Waals surface area contributed by atoms with Crippen LogP contribution in [-0.2, 0) is 59.0 Å². The summed E-state index contributed by atoms with van der Waals surface area (Å²) in [6.07, 6.45) is 5.52. The van der Waals surface area contributed by atoms with Crippen LogP contribution in [0.2, 0.25) is 0 Å². The maximum Gasteiger partial charge on any atom is 0.417 e. The number of oxime groups is 1. The zero-order valence-corrected chi connectivity index (χ0v) is 24.7. The van der Waals surface area contributed by atoms with Crippen molar-refractivity contribution in [1.29, 1.82) is 0 Å². The van der Waals surface area contributed by atoms with Crippen LogP contribution in [0.4, 0.5) is 26.3 Å². The standard InChI is InChI=1S/C9H8F3NO3S.C9H10F3NO2S.C3H4.C2H2.CH4.CH3.Pd/c1-17(15,16)7-3-2-6(5-13-14)8(4-7)9(10,11)12;1-16(14,15)7-3-2-6(5-13)8(4-7)9(10,11)12;1-3-2;1-2;;;/h2-5,14H,1H3;2-4H,5,13H2,1H3;1H,2H3;1-2H;1H4;1H3;/q;;;;;-1;/b13-5+;;;;;;. The zero-order valence-electron chi connectivity index (χ0n) is 21.5. The molecule has 0 saturated carbocycles. The number of rotatable bonds is 4. The zero-order chi connectivity index (χ0) is 30.5. The second-order valence-electron chi connectivity index (χ2n) is 6.85. The second kappa shape index (κ2) is 20.1. The average Bonchev–Trinajstić information content (AvgIpc) is 2.79. The molecule has 0 aliphatic rings. The molecule has 16 heteroatoms. The number of terminal acetylenes is 2. The van der Waals surface area contributed by atoms with Crippen LogP contribution in [-0.4, -0.2) is 40.8 Å². The fourth-order valence-electron chi connectivity index (χ4n) is 2.41. The van der Waals surface area contributed by atoms with E-state index < -0.39 is 53.6 Å². The molecular formula is C25H31F6N2O5PdS2-. The molecule has 7 nitrogen and oxygen atoms in total. The third-order valence-corrected chi connectivity index (χ3v) is 6.21. The number of halogens is 6. The Morgan fingerprint density at radius 1 is 0.902 bits per heavy atom. The minimum Gasteiger partial charge on any atom is -0.411 e. The van der Waals surface area contributed by atoms with Crippen LogP contribution in [0.15, 0.2) is 51.3 Å². The number of sulfone groups is 2. The summed E-state index contributed by atoms with van der Waals surface area (Å²) in [4.78, 5) is -0.808. The molecule has 2 aromatic rings. The number of benzene rings is 2. The summed E-state index contributed by atoms with van der Waals surface area (Å²) < 4.78 is 120. The van der Waals surface area contributed by atoms with E-state index in [0.29, 0.717) is 18.3 Å². The van der Waals surface area contributed by atoms with Crippen molar-refractivity contribution in [3.05, 3.63) is 66.1 Å². The molecule has 0 fully saturated rings. The Hall–Kier alpha value is -2.87. The van der Waals surface area contributed by atoms with E-state index in [0.717, 1.165) is 36.8 Å². The minimum absolute atomic E-state index is 0. The van der Waals surface area contributed by atoms with Crippen LogP contribution < -0.4 is 5.73 Å². The molecule has 236 valence electrons. The first-order valence-corrected chi connectivity index (χ1v) is 13.4. The van der Waals surface area contributed by atoms with Crippen molar-refractivity contribution in [1.82, 2.24) is 0 Å². The van der Waals surface area contributed by atoms with Gasteiger partial charge in [0.25, 0.3) is 0 Å². The summed E-state index contributed by atoms with van der Waals surface area (Å²) in [6, 6.07) is 5.26. The van der Waals surface area contributed by atoms with E-state index in [1.54, 1.807) is 6.92 Å². The molecule has 2 aromatic carbocycles. The summed E-state index contributed by atoms with van der Waals surface area (Å²) in [6.45, 7) is 1.36. The maximum atomic E-state index is 12.6. The Balaban J connectivity index is -0.000000171. The van der Waals surface area contributed by atoms with Crippen molar-refractivity contribution < 1.29 is 68.8 Å². The Labute approximate surface area is 251 Å². The molecule has 0 amide bonds. The van der Waals surface area contributed by atoms with Gasteiger partial charge in [0.15, 0.2) is 19.7 Å². The summed E-state index contributed by atoms with van der Waals surface area (Å²) in [7, 11) is -7.38. The van der Waals surface area contributed by atoms with E-state index in [-0.39, 0.29) is 52.3 Å². The van der Waals surface area contributed by atoms with Crippen molar-refractivity contribution in [2.45, 2.75) is 43.0 Å². The topological polar surface area (TPSA) is 127 Å². The number of nitrogens with two attached hydrogens (primary N) is 1. The van der Waals surface area contributed by atoms with Crippen molar-refractivity contribution in [2.24, 2.45) is 10.9 Å². The second-order valence-corrected chi connectivity index (χ2v) is 10.9. The first-order chi connectivity index (χ1) is 17.2. The number of nitrogens with zero attached hydrogens (tertiary/aromatic N) is 1. The van der Waals surface area contributed by atoms with E-state index in [4.69, 9.17) is 10.9 Å². The summed E-state index contributed by atoms with van der Waals surface area (Å²) in [5.41, 5.74) is 2.45. The first-order valence-electron chi connectivity index (χ1n) is 9.63. The van der Waals surface area contributed by atoms with Gasteiger partial charge in [-0.3, -0.25) is 0 Å². The van der Waals surface area contributed by atoms with Crippen LogP contribution in [0.25, 0.3) is 0 Å². The fraction of sp³-hybridized carbons (Fsp3) is 0.280. The van der Waals surface area contributed by atoms with Gasteiger partial charge in [0.05, 0.1) is 27.1 Å². The SMILES string of the molecule is C.C#C.C#CC.CS(=O)(=O)c1ccc(/C=N/O)c(C(F)(F)F)c1.CS(=O)(=O)c1ccc(CN)c(C(F)(F)F)c1.[CH3-].[Pd]. The monoisotopic (exact) mass is 723 g/mol. The maximum absolute atomic E-state index is 12.6. The van der Waals surface area contributed by atoms with E-state index in [9.17, 15) is 43.2 Å². The predicted molar refractivity (Wildman–Crippen MR) is 144 cm³/mol. The molecule has 2 rings (SSSR count). The molecule has 0 atom stereocenters. The van der Waals surface area contributed by atoms with Crippen molar-refractivity contribution in [2.75, 3.05) is 12.5 Å². The van der Waals surface area contributed by atoms with Gasteiger partial charge in [-0.15, -0.1) is 25.2 Å². The van der Waals surface area contributed by atoms with Gasteiger partial charge in [-0.05, 0) is 36.8 Å². The van der Waals surface area contributed by atoms with Crippen molar-refractivity contribution >= 4 is 25.9 Å². The van der Waals surface area contributed by atoms with Gasteiger partial charge < -0.3 is 18.4 Å². The van der Waals surface area contributed by atoms with E-state index in [1.165, 1.54) is 0 Å². The molecule has 0 unspecified atom stereocenters. The average molecular weight is 724 g/mol. The van der Waals surface area contributed by atoms with Crippen LogP contribution in [0, 0.1) is 32.6 Å². The summed E-state index contributed by atoms with van der Waals surface area (Å²) >= 11 is 0. The molecule has 0 aromatic heterocycles. The van der Waals surface area contributed by atoms with Crippen LogP contribution >= 0.6 is 0 Å². The number of alkyl halides is 6. The third kappa shape index (κ3) is 16.9. The molecule has 0 bridgehead atoms. The van der Waals surface area contributed by atoms with Crippen LogP contribution in [0.3, 0.4) is 0 Å². The van der Waals surface area contributed by atoms with E-state index in [2.05, 4.69) is 30.3 Å². The smallest absolute Gasteiger partial charge is 0.411 e. The van der Waals surface area contributed by atoms with Gasteiger partial charge in [-0.2, -0.15) is 26.3 Å². The number of hydrogen-bond acceptors (Lipinski definition) is 7. The molecule has 0 aliphatic carbocycles. The van der Waals surface area contributed by atoms with Gasteiger partial charge in [-0.25, -0.2) is 16.8 Å². The van der Waals surface area contributed by atoms with Crippen molar-refractivity contribution in [3.8, 4) is 25.2 Å². The quantitative estimate of drug-likeness (QED) is 0.0822. The predicted octanol–water partition coefficient (Wildman–Crippen LogP) is 5.46. The molecule has 0 spiro atoms. The van der Waals surface area contributed by atoms with Crippen LogP contribution in [0.5, 0.6) is 0 Å². The van der Waals surface area contributed by atoms with E-state index in [1.807, 2.05) is 0 Å². The summed E-state index contributed by atoms with van der Waals surface area (Å²) in [5.74, 6) is 2.25. The van der Waals surface area contributed by atoms with Gasteiger partial charge in [0.2, 0.25) is 0 Å². The van der Waals surface area contributed by atoms with Gasteiger partial charge in [-0.1, -0.05) is 24.7 Å². The Morgan fingerprint density at radius 3 is 1.54 bits per heavy atom. The molecule has 0 radical (unpaired) electrons. The Kier molecular flexibility index (Phi) is 23.5. The molecular weight excluding hydrogens is 693 g/mol. The third-order valence-electron chi connectivity index (χ3n) is 3.99. The van der Waals surface area contributed by atoms with Gasteiger partial charge >= 0.3 is 12.4 Å². The molecule has 0 saturated heterocycles.